The molecule has 1 fully saturated rings. The van der Waals surface area contributed by atoms with Crippen molar-refractivity contribution in [3.8, 4) is 0 Å². The van der Waals surface area contributed by atoms with E-state index in [0.29, 0.717) is 5.56 Å². The highest BCUT2D eigenvalue weighted by Crippen LogP contribution is 2.59. The predicted octanol–water partition coefficient (Wildman–Crippen LogP) is 3.05. The Balaban J connectivity index is 2.23. The smallest absolute Gasteiger partial charge is 0.341 e. The van der Waals surface area contributed by atoms with Crippen LogP contribution in [0.25, 0.3) is 0 Å². The maximum absolute atomic E-state index is 12.8. The van der Waals surface area contributed by atoms with Crippen molar-refractivity contribution in [3.05, 3.63) is 35.9 Å². The molecule has 2 rings (SSSR count). The van der Waals surface area contributed by atoms with Gasteiger partial charge in [-0.1, -0.05) is 30.3 Å². The second-order valence-electron chi connectivity index (χ2n) is 3.51. The summed E-state index contributed by atoms with van der Waals surface area (Å²) in [6, 6.07) is 8.27. The van der Waals surface area contributed by atoms with Gasteiger partial charge in [0.15, 0.2) is 0 Å². The average molecular weight is 232 g/mol. The summed E-state index contributed by atoms with van der Waals surface area (Å²) in [4.78, 5) is 0. The van der Waals surface area contributed by atoms with Crippen LogP contribution in [-0.4, -0.2) is 18.6 Å². The molecule has 0 saturated carbocycles. The Bertz CT molecular complexity index is 363. The van der Waals surface area contributed by atoms with Gasteiger partial charge in [0, 0.05) is 6.61 Å². The Kier molecular flexibility index (Phi) is 2.67. The molecule has 0 amide bonds. The summed E-state index contributed by atoms with van der Waals surface area (Å²) in [5.74, 6) is -2.44. The summed E-state index contributed by atoms with van der Waals surface area (Å²) in [6.07, 6.45) is -5.56. The molecule has 1 aromatic rings. The average Bonchev–Trinajstić information content (AvgIpc) is 2.95. The zero-order valence-electron chi connectivity index (χ0n) is 8.62. The molecule has 16 heavy (non-hydrogen) atoms. The van der Waals surface area contributed by atoms with Crippen molar-refractivity contribution in [1.82, 2.24) is 0 Å². The lowest BCUT2D eigenvalue weighted by atomic mass is 10.1. The monoisotopic (exact) mass is 232 g/mol. The van der Waals surface area contributed by atoms with E-state index in [4.69, 9.17) is 9.47 Å². The van der Waals surface area contributed by atoms with Gasteiger partial charge in [0.05, 0.1) is 0 Å². The molecule has 0 unspecified atom stereocenters. The van der Waals surface area contributed by atoms with E-state index >= 15 is 0 Å². The molecule has 0 bridgehead atoms. The molecule has 2 atom stereocenters. The first-order chi connectivity index (χ1) is 7.51. The van der Waals surface area contributed by atoms with Gasteiger partial charge in [-0.2, -0.15) is 13.2 Å². The highest BCUT2D eigenvalue weighted by Gasteiger charge is 2.75. The third-order valence-electron chi connectivity index (χ3n) is 2.44. The van der Waals surface area contributed by atoms with Crippen LogP contribution in [0.15, 0.2) is 30.3 Å². The second-order valence-corrected chi connectivity index (χ2v) is 3.51. The predicted molar refractivity (Wildman–Crippen MR) is 50.7 cm³/mol. The number of rotatable bonds is 3. The largest absolute Gasteiger partial charge is 0.446 e. The summed E-state index contributed by atoms with van der Waals surface area (Å²) in [7, 11) is 0. The van der Waals surface area contributed by atoms with Crippen molar-refractivity contribution in [2.45, 2.75) is 25.0 Å². The van der Waals surface area contributed by atoms with Crippen LogP contribution < -0.4 is 0 Å². The van der Waals surface area contributed by atoms with Crippen molar-refractivity contribution < 1.29 is 22.6 Å². The number of hydrogen-bond acceptors (Lipinski definition) is 2. The SMILES string of the molecule is CCO[C@@]1(C(F)(F)F)O[C@H]1c1ccccc1. The fourth-order valence-electron chi connectivity index (χ4n) is 1.68. The molecule has 1 aromatic carbocycles. The first-order valence-corrected chi connectivity index (χ1v) is 4.94. The maximum atomic E-state index is 12.8. The molecule has 0 radical (unpaired) electrons. The van der Waals surface area contributed by atoms with Crippen LogP contribution in [0.4, 0.5) is 13.2 Å². The van der Waals surface area contributed by atoms with Gasteiger partial charge >= 0.3 is 6.18 Å². The fourth-order valence-corrected chi connectivity index (χ4v) is 1.68. The standard InChI is InChI=1S/C11H11F3O2/c1-2-15-10(11(12,13)14)9(16-10)8-6-4-3-5-7-8/h3-7,9H,2H2,1H3/t9-,10+/m0/s1. The molecule has 1 aliphatic heterocycles. The number of epoxide rings is 1. The van der Waals surface area contributed by atoms with E-state index in [9.17, 15) is 13.2 Å². The van der Waals surface area contributed by atoms with Crippen molar-refractivity contribution in [2.75, 3.05) is 6.61 Å². The van der Waals surface area contributed by atoms with E-state index in [1.807, 2.05) is 0 Å². The molecule has 88 valence electrons. The highest BCUT2D eigenvalue weighted by atomic mass is 19.4. The van der Waals surface area contributed by atoms with Crippen LogP contribution >= 0.6 is 0 Å². The third kappa shape index (κ3) is 1.70. The maximum Gasteiger partial charge on any atom is 0.446 e. The topological polar surface area (TPSA) is 21.8 Å². The van der Waals surface area contributed by atoms with Crippen molar-refractivity contribution >= 4 is 0 Å². The lowest BCUT2D eigenvalue weighted by Gasteiger charge is -2.16. The molecule has 0 spiro atoms. The van der Waals surface area contributed by atoms with Gasteiger partial charge in [0.1, 0.15) is 6.10 Å². The minimum absolute atomic E-state index is 0.0388. The molecule has 1 heterocycles. The fraction of sp³-hybridized carbons (Fsp3) is 0.455. The summed E-state index contributed by atoms with van der Waals surface area (Å²) >= 11 is 0. The number of halogens is 3. The van der Waals surface area contributed by atoms with E-state index in [1.54, 1.807) is 30.3 Å². The molecule has 0 aliphatic carbocycles. The lowest BCUT2D eigenvalue weighted by molar-refractivity contribution is -0.270. The van der Waals surface area contributed by atoms with Crippen molar-refractivity contribution in [2.24, 2.45) is 0 Å². The normalized spacial score (nSPS) is 29.1. The van der Waals surface area contributed by atoms with E-state index in [1.165, 1.54) is 6.92 Å². The highest BCUT2D eigenvalue weighted by molar-refractivity contribution is 5.25. The van der Waals surface area contributed by atoms with E-state index in [0.717, 1.165) is 0 Å². The van der Waals surface area contributed by atoms with Crippen LogP contribution in [0.1, 0.15) is 18.6 Å². The minimum Gasteiger partial charge on any atom is -0.341 e. The first kappa shape index (κ1) is 11.4. The second kappa shape index (κ2) is 3.75. The van der Waals surface area contributed by atoms with Gasteiger partial charge in [0.2, 0.25) is 0 Å². The Hall–Kier alpha value is -1.07. The molecular formula is C11H11F3O2. The van der Waals surface area contributed by atoms with Crippen LogP contribution in [-0.2, 0) is 9.47 Å². The lowest BCUT2D eigenvalue weighted by Crippen LogP contribution is -2.36. The molecule has 0 N–H and O–H groups in total. The van der Waals surface area contributed by atoms with Gasteiger partial charge in [-0.15, -0.1) is 0 Å². The summed E-state index contributed by atoms with van der Waals surface area (Å²) < 4.78 is 47.8. The Labute approximate surface area is 91.0 Å². The number of benzene rings is 1. The van der Waals surface area contributed by atoms with E-state index in [-0.39, 0.29) is 6.61 Å². The number of hydrogen-bond donors (Lipinski definition) is 0. The van der Waals surface area contributed by atoms with Crippen LogP contribution in [0, 0.1) is 0 Å². The Morgan fingerprint density at radius 2 is 1.94 bits per heavy atom. The molecule has 1 saturated heterocycles. The summed E-state index contributed by atoms with van der Waals surface area (Å²) in [5, 5.41) is 0. The zero-order chi connectivity index (χ0) is 11.8. The van der Waals surface area contributed by atoms with Gasteiger partial charge in [-0.25, -0.2) is 0 Å². The number of alkyl halides is 3. The minimum atomic E-state index is -4.51. The molecule has 5 heteroatoms. The van der Waals surface area contributed by atoms with Gasteiger partial charge in [-0.05, 0) is 12.5 Å². The van der Waals surface area contributed by atoms with Gasteiger partial charge in [0.25, 0.3) is 5.79 Å². The first-order valence-electron chi connectivity index (χ1n) is 4.94. The van der Waals surface area contributed by atoms with Crippen LogP contribution in [0.2, 0.25) is 0 Å². The van der Waals surface area contributed by atoms with E-state index < -0.39 is 18.1 Å². The molecular weight excluding hydrogens is 221 g/mol. The van der Waals surface area contributed by atoms with Gasteiger partial charge in [-0.3, -0.25) is 0 Å². The summed E-state index contributed by atoms with van der Waals surface area (Å²) in [5.41, 5.74) is 0.480. The van der Waals surface area contributed by atoms with Gasteiger partial charge < -0.3 is 9.47 Å². The Morgan fingerprint density at radius 3 is 2.44 bits per heavy atom. The van der Waals surface area contributed by atoms with Crippen molar-refractivity contribution in [3.63, 3.8) is 0 Å². The zero-order valence-corrected chi connectivity index (χ0v) is 8.62. The number of ether oxygens (including phenoxy) is 2. The third-order valence-corrected chi connectivity index (χ3v) is 2.44. The van der Waals surface area contributed by atoms with E-state index in [2.05, 4.69) is 0 Å². The summed E-state index contributed by atoms with van der Waals surface area (Å²) in [6.45, 7) is 1.47. The quantitative estimate of drug-likeness (QED) is 0.747. The van der Waals surface area contributed by atoms with Crippen LogP contribution in [0.5, 0.6) is 0 Å². The van der Waals surface area contributed by atoms with Crippen molar-refractivity contribution in [1.29, 1.82) is 0 Å². The Morgan fingerprint density at radius 1 is 1.31 bits per heavy atom. The molecule has 2 nitrogen and oxygen atoms in total. The molecule has 1 aliphatic rings. The van der Waals surface area contributed by atoms with Crippen LogP contribution in [0.3, 0.4) is 0 Å². The molecule has 0 aromatic heterocycles.